The molecule has 4 aromatic rings. The van der Waals surface area contributed by atoms with Gasteiger partial charge in [0.05, 0.1) is 16.6 Å². The Labute approximate surface area is 165 Å². The third kappa shape index (κ3) is 4.09. The first-order chi connectivity index (χ1) is 13.2. The number of anilines is 1. The Morgan fingerprint density at radius 1 is 0.926 bits per heavy atom. The highest BCUT2D eigenvalue weighted by Crippen LogP contribution is 2.19. The van der Waals surface area contributed by atoms with E-state index in [9.17, 15) is 4.79 Å². The van der Waals surface area contributed by atoms with Crippen molar-refractivity contribution in [3.8, 4) is 0 Å². The van der Waals surface area contributed by atoms with Crippen molar-refractivity contribution in [3.63, 3.8) is 0 Å². The number of nitrogens with one attached hydrogen (secondary N) is 2. The van der Waals surface area contributed by atoms with Crippen molar-refractivity contribution in [2.45, 2.75) is 12.8 Å². The number of nitrogens with zero attached hydrogens (tertiary/aromatic N) is 1. The maximum atomic E-state index is 12.4. The highest BCUT2D eigenvalue weighted by atomic mass is 79.9. The summed E-state index contributed by atoms with van der Waals surface area (Å²) in [6, 6.07) is 23.4. The first-order valence-corrected chi connectivity index (χ1v) is 9.57. The summed E-state index contributed by atoms with van der Waals surface area (Å²) in [5, 5.41) is 2.93. The van der Waals surface area contributed by atoms with Gasteiger partial charge in [0.15, 0.2) is 0 Å². The summed E-state index contributed by atoms with van der Waals surface area (Å²) in [5.41, 5.74) is 4.67. The largest absolute Gasteiger partial charge is 0.342 e. The number of rotatable bonds is 5. The zero-order chi connectivity index (χ0) is 18.6. The van der Waals surface area contributed by atoms with Crippen molar-refractivity contribution >= 4 is 38.6 Å². The van der Waals surface area contributed by atoms with Crippen LogP contribution in [0.5, 0.6) is 0 Å². The van der Waals surface area contributed by atoms with E-state index in [0.29, 0.717) is 5.56 Å². The van der Waals surface area contributed by atoms with E-state index in [2.05, 4.69) is 31.2 Å². The number of aromatic nitrogens is 2. The van der Waals surface area contributed by atoms with Crippen LogP contribution in [0, 0.1) is 0 Å². The number of aryl methyl sites for hydroxylation is 2. The van der Waals surface area contributed by atoms with E-state index in [1.165, 1.54) is 5.56 Å². The first kappa shape index (κ1) is 17.5. The van der Waals surface area contributed by atoms with E-state index >= 15 is 0 Å². The number of carbonyl (C=O) groups is 1. The third-order valence-corrected chi connectivity index (χ3v) is 5.11. The molecule has 0 bridgehead atoms. The van der Waals surface area contributed by atoms with Gasteiger partial charge in [-0.05, 0) is 64.3 Å². The fourth-order valence-electron chi connectivity index (χ4n) is 2.99. The number of halogens is 1. The molecule has 134 valence electrons. The summed E-state index contributed by atoms with van der Waals surface area (Å²) in [7, 11) is 0. The SMILES string of the molecule is O=C(Nc1ccc(CCc2nc3ccccc3[nH]2)cc1)c1ccccc1Br. The van der Waals surface area contributed by atoms with Crippen LogP contribution in [0.1, 0.15) is 21.7 Å². The van der Waals surface area contributed by atoms with Crippen molar-refractivity contribution in [1.82, 2.24) is 9.97 Å². The second-order valence-electron chi connectivity index (χ2n) is 6.33. The monoisotopic (exact) mass is 419 g/mol. The zero-order valence-electron chi connectivity index (χ0n) is 14.6. The molecule has 0 saturated heterocycles. The molecule has 3 aromatic carbocycles. The minimum atomic E-state index is -0.127. The fourth-order valence-corrected chi connectivity index (χ4v) is 3.45. The molecule has 0 aliphatic rings. The van der Waals surface area contributed by atoms with Gasteiger partial charge in [0.2, 0.25) is 0 Å². The molecule has 4 nitrogen and oxygen atoms in total. The molecule has 0 aliphatic carbocycles. The summed E-state index contributed by atoms with van der Waals surface area (Å²) in [5.74, 6) is 0.861. The Bertz CT molecular complexity index is 1050. The first-order valence-electron chi connectivity index (χ1n) is 8.77. The Kier molecular flexibility index (Phi) is 5.03. The Balaban J connectivity index is 1.38. The van der Waals surface area contributed by atoms with Gasteiger partial charge >= 0.3 is 0 Å². The third-order valence-electron chi connectivity index (χ3n) is 4.42. The lowest BCUT2D eigenvalue weighted by molar-refractivity contribution is 0.102. The van der Waals surface area contributed by atoms with Crippen LogP contribution < -0.4 is 5.32 Å². The van der Waals surface area contributed by atoms with E-state index < -0.39 is 0 Å². The maximum absolute atomic E-state index is 12.4. The summed E-state index contributed by atoms with van der Waals surface area (Å²) in [4.78, 5) is 20.3. The molecule has 0 unspecified atom stereocenters. The van der Waals surface area contributed by atoms with Crippen molar-refractivity contribution < 1.29 is 4.79 Å². The smallest absolute Gasteiger partial charge is 0.256 e. The zero-order valence-corrected chi connectivity index (χ0v) is 16.2. The molecular formula is C22H18BrN3O. The highest BCUT2D eigenvalue weighted by Gasteiger charge is 2.09. The maximum Gasteiger partial charge on any atom is 0.256 e. The van der Waals surface area contributed by atoms with E-state index in [4.69, 9.17) is 0 Å². The van der Waals surface area contributed by atoms with E-state index in [1.807, 2.05) is 66.7 Å². The summed E-state index contributed by atoms with van der Waals surface area (Å²) < 4.78 is 0.782. The number of H-pyrrole nitrogens is 1. The number of hydrogen-bond acceptors (Lipinski definition) is 2. The van der Waals surface area contributed by atoms with Crippen LogP contribution in [0.25, 0.3) is 11.0 Å². The normalized spacial score (nSPS) is 10.9. The predicted octanol–water partition coefficient (Wildman–Crippen LogP) is 5.36. The molecule has 27 heavy (non-hydrogen) atoms. The molecule has 1 heterocycles. The van der Waals surface area contributed by atoms with Crippen LogP contribution in [-0.2, 0) is 12.8 Å². The van der Waals surface area contributed by atoms with Gasteiger partial charge in [0.1, 0.15) is 5.82 Å². The number of fused-ring (bicyclic) bond motifs is 1. The Hall–Kier alpha value is -2.92. The number of amides is 1. The number of aromatic amines is 1. The second kappa shape index (κ2) is 7.76. The summed E-state index contributed by atoms with van der Waals surface area (Å²) in [6.07, 6.45) is 1.73. The lowest BCUT2D eigenvalue weighted by atomic mass is 10.1. The van der Waals surface area contributed by atoms with E-state index in [-0.39, 0.29) is 5.91 Å². The number of imidazole rings is 1. The minimum absolute atomic E-state index is 0.127. The molecule has 1 aromatic heterocycles. The van der Waals surface area contributed by atoms with E-state index in [0.717, 1.165) is 39.9 Å². The van der Waals surface area contributed by atoms with Gasteiger partial charge in [-0.3, -0.25) is 4.79 Å². The van der Waals surface area contributed by atoms with Crippen LogP contribution in [0.2, 0.25) is 0 Å². The number of para-hydroxylation sites is 2. The highest BCUT2D eigenvalue weighted by molar-refractivity contribution is 9.10. The van der Waals surface area contributed by atoms with E-state index in [1.54, 1.807) is 6.07 Å². The van der Waals surface area contributed by atoms with Gasteiger partial charge in [-0.15, -0.1) is 0 Å². The molecule has 0 radical (unpaired) electrons. The molecular weight excluding hydrogens is 402 g/mol. The summed E-state index contributed by atoms with van der Waals surface area (Å²) in [6.45, 7) is 0. The second-order valence-corrected chi connectivity index (χ2v) is 7.19. The molecule has 5 heteroatoms. The molecule has 0 aliphatic heterocycles. The van der Waals surface area contributed by atoms with Gasteiger partial charge in [-0.2, -0.15) is 0 Å². The molecule has 0 saturated carbocycles. The van der Waals surface area contributed by atoms with Gasteiger partial charge in [-0.1, -0.05) is 36.4 Å². The Morgan fingerprint density at radius 3 is 2.44 bits per heavy atom. The summed E-state index contributed by atoms with van der Waals surface area (Å²) >= 11 is 3.41. The molecule has 0 atom stereocenters. The van der Waals surface area contributed by atoms with Crippen molar-refractivity contribution in [2.24, 2.45) is 0 Å². The number of carbonyl (C=O) groups excluding carboxylic acids is 1. The topological polar surface area (TPSA) is 57.8 Å². The average molecular weight is 420 g/mol. The van der Waals surface area contributed by atoms with Crippen LogP contribution in [0.4, 0.5) is 5.69 Å². The fraction of sp³-hybridized carbons (Fsp3) is 0.0909. The van der Waals surface area contributed by atoms with Gasteiger partial charge in [-0.25, -0.2) is 4.98 Å². The molecule has 4 rings (SSSR count). The lowest BCUT2D eigenvalue weighted by Gasteiger charge is -2.08. The van der Waals surface area contributed by atoms with Gasteiger partial charge in [0.25, 0.3) is 5.91 Å². The molecule has 0 spiro atoms. The molecule has 0 fully saturated rings. The standard InChI is InChI=1S/C22H18BrN3O/c23-18-6-2-1-5-17(18)22(27)24-16-12-9-15(10-13-16)11-14-21-25-19-7-3-4-8-20(19)26-21/h1-10,12-13H,11,14H2,(H,24,27)(H,25,26). The molecule has 2 N–H and O–H groups in total. The minimum Gasteiger partial charge on any atom is -0.342 e. The average Bonchev–Trinajstić information content (AvgIpc) is 3.11. The van der Waals surface area contributed by atoms with Crippen molar-refractivity contribution in [3.05, 3.63) is 94.2 Å². The van der Waals surface area contributed by atoms with Gasteiger partial charge < -0.3 is 10.3 Å². The number of hydrogen-bond donors (Lipinski definition) is 2. The van der Waals surface area contributed by atoms with Crippen molar-refractivity contribution in [2.75, 3.05) is 5.32 Å². The van der Waals surface area contributed by atoms with Crippen LogP contribution in [0.15, 0.2) is 77.3 Å². The van der Waals surface area contributed by atoms with Crippen LogP contribution >= 0.6 is 15.9 Å². The molecule has 1 amide bonds. The quantitative estimate of drug-likeness (QED) is 0.457. The lowest BCUT2D eigenvalue weighted by Crippen LogP contribution is -2.12. The van der Waals surface area contributed by atoms with Crippen LogP contribution in [0.3, 0.4) is 0 Å². The predicted molar refractivity (Wildman–Crippen MR) is 112 cm³/mol. The van der Waals surface area contributed by atoms with Crippen LogP contribution in [-0.4, -0.2) is 15.9 Å². The Morgan fingerprint density at radius 2 is 1.67 bits per heavy atom. The van der Waals surface area contributed by atoms with Crippen molar-refractivity contribution in [1.29, 1.82) is 0 Å². The van der Waals surface area contributed by atoms with Gasteiger partial charge in [0, 0.05) is 16.6 Å². The number of benzene rings is 3.